The molecule has 0 aliphatic rings. The van der Waals surface area contributed by atoms with Gasteiger partial charge in [-0.3, -0.25) is 30.0 Å². The number of sulfonamides is 1. The molecule has 184 valence electrons. The van der Waals surface area contributed by atoms with E-state index in [4.69, 9.17) is 17.3 Å². The second-order valence-electron chi connectivity index (χ2n) is 7.40. The highest BCUT2D eigenvalue weighted by atomic mass is 35.5. The molecule has 0 radical (unpaired) electrons. The molecular formula is C21H21ClN6O6S. The molecule has 0 fully saturated rings. The minimum atomic E-state index is -4.18. The Morgan fingerprint density at radius 2 is 1.69 bits per heavy atom. The van der Waals surface area contributed by atoms with Crippen LogP contribution in [-0.4, -0.2) is 42.0 Å². The van der Waals surface area contributed by atoms with E-state index in [0.29, 0.717) is 5.02 Å². The third-order valence-corrected chi connectivity index (χ3v) is 6.63. The predicted octanol–water partition coefficient (Wildman–Crippen LogP) is -0.0395. The molecule has 14 heteroatoms. The molecule has 0 saturated carbocycles. The Bertz CT molecular complexity index is 1460. The molecule has 2 aromatic carbocycles. The molecule has 1 unspecified atom stereocenters. The number of carbonyl (C=O) groups excluding carboxylic acids is 3. The number of nitrogens with two attached hydrogens (primary N) is 1. The topological polar surface area (TPSA) is 182 Å². The van der Waals surface area contributed by atoms with Crippen LogP contribution >= 0.6 is 11.6 Å². The number of hydrazine groups is 1. The standard InChI is InChI=1S/C21H21ClN6O6S/c1-28-21(32)15-5-3-2-4-14(15)18(26-28)20(31)25-24-19(30)16(10-11-17(23)29)27-35(33,34)13-8-6-12(22)7-9-13/h2-9,16,27H,10-11H2,1H3,(H2,23,29)(H,24,30)(H,25,31). The van der Waals surface area contributed by atoms with E-state index in [1.807, 2.05) is 0 Å². The number of amides is 3. The normalized spacial score (nSPS) is 12.2. The molecule has 12 nitrogen and oxygen atoms in total. The van der Waals surface area contributed by atoms with Gasteiger partial charge in [0, 0.05) is 23.9 Å². The number of hydrogen-bond acceptors (Lipinski definition) is 7. The third-order valence-electron chi connectivity index (χ3n) is 4.89. The van der Waals surface area contributed by atoms with Gasteiger partial charge < -0.3 is 5.73 Å². The molecule has 0 bridgehead atoms. The second-order valence-corrected chi connectivity index (χ2v) is 9.55. The molecule has 3 rings (SSSR count). The van der Waals surface area contributed by atoms with E-state index < -0.39 is 39.3 Å². The van der Waals surface area contributed by atoms with E-state index >= 15 is 0 Å². The highest BCUT2D eigenvalue weighted by Gasteiger charge is 2.27. The lowest BCUT2D eigenvalue weighted by molar-refractivity contribution is -0.124. The van der Waals surface area contributed by atoms with Crippen molar-refractivity contribution in [2.75, 3.05) is 0 Å². The molecule has 1 aromatic heterocycles. The number of fused-ring (bicyclic) bond motifs is 1. The summed E-state index contributed by atoms with van der Waals surface area (Å²) in [6.45, 7) is 0. The fourth-order valence-corrected chi connectivity index (χ4v) is 4.49. The molecule has 35 heavy (non-hydrogen) atoms. The number of nitrogens with one attached hydrogen (secondary N) is 3. The maximum atomic E-state index is 12.7. The first-order chi connectivity index (χ1) is 16.5. The number of primary amides is 1. The molecule has 0 spiro atoms. The van der Waals surface area contributed by atoms with Gasteiger partial charge in [-0.2, -0.15) is 9.82 Å². The van der Waals surface area contributed by atoms with Crippen molar-refractivity contribution in [2.45, 2.75) is 23.8 Å². The van der Waals surface area contributed by atoms with Crippen LogP contribution in [0.3, 0.4) is 0 Å². The summed E-state index contributed by atoms with van der Waals surface area (Å²) >= 11 is 5.78. The molecule has 3 aromatic rings. The summed E-state index contributed by atoms with van der Waals surface area (Å²) in [5.74, 6) is -2.55. The van der Waals surface area contributed by atoms with Crippen LogP contribution < -0.4 is 26.9 Å². The first kappa shape index (κ1) is 25.8. The van der Waals surface area contributed by atoms with Gasteiger partial charge >= 0.3 is 0 Å². The lowest BCUT2D eigenvalue weighted by Crippen LogP contribution is -2.52. The van der Waals surface area contributed by atoms with Gasteiger partial charge in [0.1, 0.15) is 6.04 Å². The SMILES string of the molecule is Cn1nc(C(=O)NNC(=O)C(CCC(N)=O)NS(=O)(=O)c2ccc(Cl)cc2)c2ccccc2c1=O. The Morgan fingerprint density at radius 1 is 1.06 bits per heavy atom. The quantitative estimate of drug-likeness (QED) is 0.300. The number of nitrogens with zero attached hydrogens (tertiary/aromatic N) is 2. The smallest absolute Gasteiger partial charge is 0.290 e. The fourth-order valence-electron chi connectivity index (χ4n) is 3.13. The second kappa shape index (κ2) is 10.6. The van der Waals surface area contributed by atoms with Gasteiger partial charge in [0.15, 0.2) is 5.69 Å². The average molecular weight is 521 g/mol. The Labute approximate surface area is 204 Å². The summed E-state index contributed by atoms with van der Waals surface area (Å²) in [6.07, 6.45) is -0.576. The molecular weight excluding hydrogens is 500 g/mol. The zero-order valence-corrected chi connectivity index (χ0v) is 19.9. The number of carbonyl (C=O) groups is 3. The van der Waals surface area contributed by atoms with Gasteiger partial charge in [-0.1, -0.05) is 29.8 Å². The third kappa shape index (κ3) is 6.20. The van der Waals surface area contributed by atoms with Crippen LogP contribution in [0, 0.1) is 0 Å². The predicted molar refractivity (Wildman–Crippen MR) is 127 cm³/mol. The van der Waals surface area contributed by atoms with Crippen LogP contribution in [0.5, 0.6) is 0 Å². The zero-order valence-electron chi connectivity index (χ0n) is 18.3. The van der Waals surface area contributed by atoms with Crippen molar-refractivity contribution in [2.24, 2.45) is 12.8 Å². The summed E-state index contributed by atoms with van der Waals surface area (Å²) in [4.78, 5) is 48.8. The number of halogens is 1. The van der Waals surface area contributed by atoms with E-state index in [1.54, 1.807) is 12.1 Å². The van der Waals surface area contributed by atoms with Crippen molar-refractivity contribution in [1.82, 2.24) is 25.4 Å². The minimum Gasteiger partial charge on any atom is -0.370 e. The fraction of sp³-hybridized carbons (Fsp3) is 0.190. The van der Waals surface area contributed by atoms with Crippen molar-refractivity contribution in [1.29, 1.82) is 0 Å². The van der Waals surface area contributed by atoms with E-state index in [1.165, 1.54) is 43.4 Å². The Hall–Kier alpha value is -3.81. The summed E-state index contributed by atoms with van der Waals surface area (Å²) in [5.41, 5.74) is 8.86. The van der Waals surface area contributed by atoms with Crippen molar-refractivity contribution >= 4 is 50.1 Å². The van der Waals surface area contributed by atoms with Crippen LogP contribution in [0.25, 0.3) is 10.8 Å². The van der Waals surface area contributed by atoms with Crippen molar-refractivity contribution in [3.8, 4) is 0 Å². The molecule has 0 aliphatic carbocycles. The van der Waals surface area contributed by atoms with Gasteiger partial charge in [0.2, 0.25) is 15.9 Å². The van der Waals surface area contributed by atoms with Gasteiger partial charge in [0.25, 0.3) is 17.4 Å². The molecule has 1 heterocycles. The maximum Gasteiger partial charge on any atom is 0.290 e. The van der Waals surface area contributed by atoms with Crippen LogP contribution in [-0.2, 0) is 26.7 Å². The minimum absolute atomic E-state index is 0.140. The molecule has 0 saturated heterocycles. The Kier molecular flexibility index (Phi) is 7.84. The van der Waals surface area contributed by atoms with E-state index in [-0.39, 0.29) is 34.2 Å². The summed E-state index contributed by atoms with van der Waals surface area (Å²) in [7, 11) is -2.81. The van der Waals surface area contributed by atoms with Gasteiger partial charge in [0.05, 0.1) is 10.3 Å². The van der Waals surface area contributed by atoms with Crippen LogP contribution in [0.15, 0.2) is 58.2 Å². The summed E-state index contributed by atoms with van der Waals surface area (Å²) < 4.78 is 28.6. The largest absolute Gasteiger partial charge is 0.370 e. The van der Waals surface area contributed by atoms with Gasteiger partial charge in [-0.05, 0) is 36.8 Å². The number of aromatic nitrogens is 2. The highest BCUT2D eigenvalue weighted by Crippen LogP contribution is 2.15. The average Bonchev–Trinajstić information content (AvgIpc) is 2.82. The van der Waals surface area contributed by atoms with Crippen molar-refractivity contribution in [3.63, 3.8) is 0 Å². The van der Waals surface area contributed by atoms with E-state index in [2.05, 4.69) is 20.7 Å². The van der Waals surface area contributed by atoms with Crippen LogP contribution in [0.1, 0.15) is 23.3 Å². The number of aryl methyl sites for hydroxylation is 1. The Morgan fingerprint density at radius 3 is 2.31 bits per heavy atom. The molecule has 3 amide bonds. The van der Waals surface area contributed by atoms with E-state index in [0.717, 1.165) is 4.68 Å². The van der Waals surface area contributed by atoms with E-state index in [9.17, 15) is 27.6 Å². The number of benzene rings is 2. The molecule has 5 N–H and O–H groups in total. The maximum absolute atomic E-state index is 12.7. The number of hydrogen-bond donors (Lipinski definition) is 4. The summed E-state index contributed by atoms with van der Waals surface area (Å²) in [6, 6.07) is 10.0. The zero-order chi connectivity index (χ0) is 25.8. The first-order valence-corrected chi connectivity index (χ1v) is 12.0. The lowest BCUT2D eigenvalue weighted by atomic mass is 10.1. The van der Waals surface area contributed by atoms with Gasteiger partial charge in [-0.15, -0.1) is 0 Å². The van der Waals surface area contributed by atoms with Crippen LogP contribution in [0.4, 0.5) is 0 Å². The van der Waals surface area contributed by atoms with Crippen molar-refractivity contribution < 1.29 is 22.8 Å². The first-order valence-electron chi connectivity index (χ1n) is 10.1. The highest BCUT2D eigenvalue weighted by molar-refractivity contribution is 7.89. The molecule has 0 aliphatic heterocycles. The monoisotopic (exact) mass is 520 g/mol. The van der Waals surface area contributed by atoms with Gasteiger partial charge in [-0.25, -0.2) is 13.1 Å². The number of rotatable bonds is 8. The lowest BCUT2D eigenvalue weighted by Gasteiger charge is -2.18. The Balaban J connectivity index is 1.79. The van der Waals surface area contributed by atoms with Crippen LogP contribution in [0.2, 0.25) is 5.02 Å². The summed E-state index contributed by atoms with van der Waals surface area (Å²) in [5, 5.41) is 4.77. The molecule has 1 atom stereocenters. The van der Waals surface area contributed by atoms with Crippen molar-refractivity contribution in [3.05, 3.63) is 69.6 Å².